The molecule has 0 bridgehead atoms. The van der Waals surface area contributed by atoms with Crippen molar-refractivity contribution in [1.82, 2.24) is 9.38 Å². The van der Waals surface area contributed by atoms with Crippen LogP contribution in [0.25, 0.3) is 16.7 Å². The van der Waals surface area contributed by atoms with Crippen LogP contribution < -0.4 is 9.80 Å². The van der Waals surface area contributed by atoms with Crippen molar-refractivity contribution in [2.45, 2.75) is 26.7 Å². The van der Waals surface area contributed by atoms with Crippen molar-refractivity contribution in [2.75, 3.05) is 37.6 Å². The van der Waals surface area contributed by atoms with E-state index in [2.05, 4.69) is 71.7 Å². The number of piperazine rings is 1. The fourth-order valence-electron chi connectivity index (χ4n) is 5.17. The molecule has 3 heterocycles. The monoisotopic (exact) mass is 424 g/mol. The number of para-hydroxylation sites is 2. The number of pyridine rings is 1. The molecule has 2 aromatic heterocycles. The topological polar surface area (TPSA) is 48.8 Å². The van der Waals surface area contributed by atoms with Crippen LogP contribution in [-0.4, -0.2) is 42.1 Å². The van der Waals surface area contributed by atoms with Crippen molar-refractivity contribution >= 4 is 22.5 Å². The molecule has 162 valence electrons. The molecule has 32 heavy (non-hydrogen) atoms. The van der Waals surface area contributed by atoms with Gasteiger partial charge >= 0.3 is 0 Å². The maximum atomic E-state index is 9.93. The van der Waals surface area contributed by atoms with Crippen LogP contribution in [0.3, 0.4) is 0 Å². The number of anilines is 1. The molecule has 2 aromatic carbocycles. The number of aromatic nitrogens is 2. The predicted octanol–water partition coefficient (Wildman–Crippen LogP) is 3.18. The maximum Gasteiger partial charge on any atom is 0.157 e. The zero-order valence-electron chi connectivity index (χ0n) is 18.9. The summed E-state index contributed by atoms with van der Waals surface area (Å²) >= 11 is 0. The van der Waals surface area contributed by atoms with E-state index in [0.717, 1.165) is 61.3 Å². The minimum Gasteiger partial charge on any atom is -0.346 e. The molecule has 5 rings (SSSR count). The lowest BCUT2D eigenvalue weighted by molar-refractivity contribution is -0.900. The summed E-state index contributed by atoms with van der Waals surface area (Å²) in [6, 6.07) is 21.5. The van der Waals surface area contributed by atoms with E-state index in [1.54, 1.807) is 4.90 Å². The summed E-state index contributed by atoms with van der Waals surface area (Å²) in [6.07, 6.45) is 2.03. The Balaban J connectivity index is 1.48. The van der Waals surface area contributed by atoms with E-state index in [9.17, 15) is 5.26 Å². The average Bonchev–Trinajstić information content (AvgIpc) is 3.22. The zero-order valence-corrected chi connectivity index (χ0v) is 18.9. The van der Waals surface area contributed by atoms with Crippen molar-refractivity contribution < 1.29 is 4.90 Å². The van der Waals surface area contributed by atoms with Gasteiger partial charge in [-0.25, -0.2) is 4.98 Å². The Morgan fingerprint density at radius 3 is 2.47 bits per heavy atom. The van der Waals surface area contributed by atoms with Gasteiger partial charge in [0.2, 0.25) is 0 Å². The Bertz CT molecular complexity index is 1290. The highest BCUT2D eigenvalue weighted by atomic mass is 15.3. The molecule has 0 saturated carbocycles. The van der Waals surface area contributed by atoms with Crippen LogP contribution in [0.1, 0.15) is 29.2 Å². The van der Waals surface area contributed by atoms with Gasteiger partial charge < -0.3 is 9.80 Å². The smallest absolute Gasteiger partial charge is 0.157 e. The van der Waals surface area contributed by atoms with E-state index in [0.29, 0.717) is 5.56 Å². The molecule has 1 aliphatic rings. The van der Waals surface area contributed by atoms with Crippen LogP contribution >= 0.6 is 0 Å². The minimum atomic E-state index is 0.703. The molecule has 1 N–H and O–H groups in total. The Morgan fingerprint density at radius 1 is 1.03 bits per heavy atom. The Morgan fingerprint density at radius 2 is 1.75 bits per heavy atom. The summed E-state index contributed by atoms with van der Waals surface area (Å²) < 4.78 is 2.24. The largest absolute Gasteiger partial charge is 0.346 e. The van der Waals surface area contributed by atoms with Crippen molar-refractivity contribution in [2.24, 2.45) is 0 Å². The molecule has 4 aromatic rings. The van der Waals surface area contributed by atoms with Crippen LogP contribution in [0.5, 0.6) is 0 Å². The van der Waals surface area contributed by atoms with Gasteiger partial charge in [0.05, 0.1) is 49.3 Å². The van der Waals surface area contributed by atoms with Gasteiger partial charge in [-0.3, -0.25) is 4.40 Å². The standard InChI is InChI=1S/C27H29N5/c1-3-22-20(2)23(19-28)26-29-24-11-7-8-12-25(24)32(26)27(22)31-17-15-30(16-18-31)14-13-21-9-5-4-6-10-21/h4-12H,3,13-18H2,1-2H3/p+1. The van der Waals surface area contributed by atoms with Crippen LogP contribution in [0.4, 0.5) is 5.82 Å². The first kappa shape index (κ1) is 20.5. The third-order valence-electron chi connectivity index (χ3n) is 6.94. The van der Waals surface area contributed by atoms with Crippen molar-refractivity contribution in [3.63, 3.8) is 0 Å². The number of nitrogens with one attached hydrogen (secondary N) is 1. The van der Waals surface area contributed by atoms with E-state index in [1.165, 1.54) is 23.5 Å². The van der Waals surface area contributed by atoms with E-state index in [-0.39, 0.29) is 0 Å². The second-order valence-corrected chi connectivity index (χ2v) is 8.75. The lowest BCUT2D eigenvalue weighted by Gasteiger charge is -2.35. The number of nitriles is 1. The Hall–Kier alpha value is -3.36. The molecule has 0 amide bonds. The molecule has 0 unspecified atom stereocenters. The third-order valence-corrected chi connectivity index (χ3v) is 6.94. The van der Waals surface area contributed by atoms with Gasteiger partial charge in [-0.05, 0) is 42.2 Å². The number of hydrogen-bond acceptors (Lipinski definition) is 3. The molecule has 0 spiro atoms. The summed E-state index contributed by atoms with van der Waals surface area (Å²) in [5.74, 6) is 1.23. The Kier molecular flexibility index (Phi) is 5.55. The molecule has 0 aliphatic carbocycles. The normalized spacial score (nSPS) is 14.8. The van der Waals surface area contributed by atoms with Crippen molar-refractivity contribution in [3.8, 4) is 6.07 Å². The van der Waals surface area contributed by atoms with Crippen molar-refractivity contribution in [3.05, 3.63) is 76.9 Å². The number of benzene rings is 2. The number of fused-ring (bicyclic) bond motifs is 3. The van der Waals surface area contributed by atoms with E-state index in [4.69, 9.17) is 4.98 Å². The average molecular weight is 425 g/mol. The van der Waals surface area contributed by atoms with Gasteiger partial charge in [-0.15, -0.1) is 0 Å². The van der Waals surface area contributed by atoms with Crippen LogP contribution in [-0.2, 0) is 12.8 Å². The second kappa shape index (κ2) is 8.64. The molecular weight excluding hydrogens is 394 g/mol. The van der Waals surface area contributed by atoms with E-state index in [1.807, 2.05) is 12.1 Å². The molecular formula is C27H30N5+. The molecule has 5 nitrogen and oxygen atoms in total. The zero-order chi connectivity index (χ0) is 22.1. The minimum absolute atomic E-state index is 0.703. The molecule has 0 radical (unpaired) electrons. The van der Waals surface area contributed by atoms with Crippen molar-refractivity contribution in [1.29, 1.82) is 5.26 Å². The number of quaternary nitrogens is 1. The van der Waals surface area contributed by atoms with Crippen LogP contribution in [0.15, 0.2) is 54.6 Å². The maximum absolute atomic E-state index is 9.93. The van der Waals surface area contributed by atoms with Gasteiger partial charge in [0, 0.05) is 6.42 Å². The van der Waals surface area contributed by atoms with Gasteiger partial charge in [-0.2, -0.15) is 5.26 Å². The summed E-state index contributed by atoms with van der Waals surface area (Å²) in [4.78, 5) is 9.06. The summed E-state index contributed by atoms with van der Waals surface area (Å²) in [6.45, 7) is 9.75. The molecule has 1 saturated heterocycles. The summed E-state index contributed by atoms with van der Waals surface area (Å²) in [5.41, 5.74) is 7.29. The molecule has 0 atom stereocenters. The number of hydrogen-bond donors (Lipinski definition) is 1. The molecule has 1 fully saturated rings. The van der Waals surface area contributed by atoms with E-state index < -0.39 is 0 Å². The third kappa shape index (κ3) is 3.51. The highest BCUT2D eigenvalue weighted by Gasteiger charge is 2.27. The number of imidazole rings is 1. The van der Waals surface area contributed by atoms with E-state index >= 15 is 0 Å². The highest BCUT2D eigenvalue weighted by Crippen LogP contribution is 2.33. The first-order chi connectivity index (χ1) is 15.7. The molecule has 1 aliphatic heterocycles. The van der Waals surface area contributed by atoms with Gasteiger partial charge in [-0.1, -0.05) is 49.4 Å². The Labute approximate surface area is 189 Å². The summed E-state index contributed by atoms with van der Waals surface area (Å²) in [7, 11) is 0. The fourth-order valence-corrected chi connectivity index (χ4v) is 5.17. The summed E-state index contributed by atoms with van der Waals surface area (Å²) in [5, 5.41) is 9.93. The predicted molar refractivity (Wildman–Crippen MR) is 129 cm³/mol. The number of nitrogens with zero attached hydrogens (tertiary/aromatic N) is 4. The molecule has 5 heteroatoms. The lowest BCUT2D eigenvalue weighted by atomic mass is 10.0. The lowest BCUT2D eigenvalue weighted by Crippen LogP contribution is -3.15. The quantitative estimate of drug-likeness (QED) is 0.535. The van der Waals surface area contributed by atoms with Crippen LogP contribution in [0.2, 0.25) is 0 Å². The first-order valence-corrected chi connectivity index (χ1v) is 11.7. The second-order valence-electron chi connectivity index (χ2n) is 8.75. The van der Waals surface area contributed by atoms with Gasteiger partial charge in [0.15, 0.2) is 5.65 Å². The van der Waals surface area contributed by atoms with Gasteiger partial charge in [0.25, 0.3) is 0 Å². The first-order valence-electron chi connectivity index (χ1n) is 11.7. The fraction of sp³-hybridized carbons (Fsp3) is 0.333. The SMILES string of the molecule is CCc1c(C)c(C#N)c2nc3ccccc3n2c1N1CC[NH+](CCc2ccccc2)CC1. The number of rotatable bonds is 5. The van der Waals surface area contributed by atoms with Crippen LogP contribution in [0, 0.1) is 18.3 Å². The van der Waals surface area contributed by atoms with Gasteiger partial charge in [0.1, 0.15) is 11.9 Å². The highest BCUT2D eigenvalue weighted by molar-refractivity contribution is 5.86.